The molecule has 0 aliphatic carbocycles. The fourth-order valence-corrected chi connectivity index (χ4v) is 2.11. The SMILES string of the molecule is COC(C)(C)c1noc(-c2cc(N)cc(I)c2)n1. The predicted molar refractivity (Wildman–Crippen MR) is 76.9 cm³/mol. The van der Waals surface area contributed by atoms with Crippen molar-refractivity contribution in [1.29, 1.82) is 0 Å². The van der Waals surface area contributed by atoms with Crippen molar-refractivity contribution >= 4 is 28.3 Å². The molecule has 2 aromatic rings. The Balaban J connectivity index is 2.41. The van der Waals surface area contributed by atoms with E-state index in [1.54, 1.807) is 13.2 Å². The van der Waals surface area contributed by atoms with Gasteiger partial charge in [0.15, 0.2) is 0 Å². The van der Waals surface area contributed by atoms with Gasteiger partial charge in [0.25, 0.3) is 5.89 Å². The summed E-state index contributed by atoms with van der Waals surface area (Å²) in [6.07, 6.45) is 0. The van der Waals surface area contributed by atoms with Gasteiger partial charge in [0, 0.05) is 21.9 Å². The van der Waals surface area contributed by atoms with Gasteiger partial charge in [0.2, 0.25) is 5.82 Å². The van der Waals surface area contributed by atoms with Gasteiger partial charge < -0.3 is 15.0 Å². The van der Waals surface area contributed by atoms with Crippen LogP contribution in [0.5, 0.6) is 0 Å². The van der Waals surface area contributed by atoms with Gasteiger partial charge >= 0.3 is 0 Å². The summed E-state index contributed by atoms with van der Waals surface area (Å²) in [6.45, 7) is 3.76. The lowest BCUT2D eigenvalue weighted by Gasteiger charge is -2.17. The van der Waals surface area contributed by atoms with Crippen molar-refractivity contribution in [2.75, 3.05) is 12.8 Å². The van der Waals surface area contributed by atoms with E-state index < -0.39 is 5.60 Å². The van der Waals surface area contributed by atoms with Crippen molar-refractivity contribution in [3.63, 3.8) is 0 Å². The zero-order valence-corrected chi connectivity index (χ0v) is 12.6. The Morgan fingerprint density at radius 3 is 2.67 bits per heavy atom. The Bertz CT molecular complexity index is 546. The molecule has 0 saturated carbocycles. The third-order valence-electron chi connectivity index (χ3n) is 2.64. The number of hydrogen-bond acceptors (Lipinski definition) is 5. The van der Waals surface area contributed by atoms with Gasteiger partial charge in [-0.3, -0.25) is 0 Å². The van der Waals surface area contributed by atoms with Crippen molar-refractivity contribution in [2.24, 2.45) is 0 Å². The first-order valence-electron chi connectivity index (χ1n) is 5.38. The van der Waals surface area contributed by atoms with Crippen LogP contribution in [0.2, 0.25) is 0 Å². The van der Waals surface area contributed by atoms with Crippen molar-refractivity contribution in [3.05, 3.63) is 27.6 Å². The zero-order valence-electron chi connectivity index (χ0n) is 10.4. The van der Waals surface area contributed by atoms with Crippen LogP contribution in [0.3, 0.4) is 0 Å². The molecule has 2 rings (SSSR count). The third kappa shape index (κ3) is 2.64. The topological polar surface area (TPSA) is 74.2 Å². The highest BCUT2D eigenvalue weighted by atomic mass is 127. The number of nitrogens with zero attached hydrogens (tertiary/aromatic N) is 2. The molecule has 2 N–H and O–H groups in total. The van der Waals surface area contributed by atoms with Crippen LogP contribution in [0, 0.1) is 3.57 Å². The van der Waals surface area contributed by atoms with E-state index in [1.165, 1.54) is 0 Å². The second kappa shape index (κ2) is 4.85. The lowest BCUT2D eigenvalue weighted by molar-refractivity contribution is 0.00973. The van der Waals surface area contributed by atoms with Crippen LogP contribution >= 0.6 is 22.6 Å². The maximum Gasteiger partial charge on any atom is 0.258 e. The summed E-state index contributed by atoms with van der Waals surface area (Å²) < 4.78 is 11.6. The summed E-state index contributed by atoms with van der Waals surface area (Å²) in [6, 6.07) is 5.62. The van der Waals surface area contributed by atoms with Crippen LogP contribution in [0.1, 0.15) is 19.7 Å². The van der Waals surface area contributed by atoms with Crippen molar-refractivity contribution in [3.8, 4) is 11.5 Å². The molecule has 0 aliphatic rings. The molecule has 0 atom stereocenters. The molecule has 0 amide bonds. The number of nitrogen functional groups attached to an aromatic ring is 1. The number of benzene rings is 1. The summed E-state index contributed by atoms with van der Waals surface area (Å²) in [5.41, 5.74) is 6.70. The molecule has 1 heterocycles. The van der Waals surface area contributed by atoms with Crippen LogP contribution < -0.4 is 5.73 Å². The molecule has 0 spiro atoms. The molecule has 96 valence electrons. The van der Waals surface area contributed by atoms with Gasteiger partial charge in [-0.1, -0.05) is 5.16 Å². The molecule has 1 aromatic carbocycles. The molecule has 0 radical (unpaired) electrons. The van der Waals surface area contributed by atoms with Crippen molar-refractivity contribution < 1.29 is 9.26 Å². The monoisotopic (exact) mass is 359 g/mol. The average molecular weight is 359 g/mol. The summed E-state index contributed by atoms with van der Waals surface area (Å²) in [7, 11) is 1.61. The Kier molecular flexibility index (Phi) is 3.58. The molecular weight excluding hydrogens is 345 g/mol. The van der Waals surface area contributed by atoms with Crippen LogP contribution in [-0.2, 0) is 10.3 Å². The number of methoxy groups -OCH3 is 1. The predicted octanol–water partition coefficient (Wildman–Crippen LogP) is 2.80. The van der Waals surface area contributed by atoms with E-state index in [4.69, 9.17) is 15.0 Å². The second-order valence-corrected chi connectivity index (χ2v) is 5.66. The molecule has 0 fully saturated rings. The highest BCUT2D eigenvalue weighted by molar-refractivity contribution is 14.1. The smallest absolute Gasteiger partial charge is 0.258 e. The first-order chi connectivity index (χ1) is 8.42. The van der Waals surface area contributed by atoms with Crippen LogP contribution in [0.25, 0.3) is 11.5 Å². The average Bonchev–Trinajstić information content (AvgIpc) is 2.77. The van der Waals surface area contributed by atoms with E-state index in [9.17, 15) is 0 Å². The minimum Gasteiger partial charge on any atom is -0.399 e. The minimum absolute atomic E-state index is 0.445. The van der Waals surface area contributed by atoms with Crippen LogP contribution in [-0.4, -0.2) is 17.3 Å². The number of rotatable bonds is 3. The second-order valence-electron chi connectivity index (χ2n) is 4.41. The van der Waals surface area contributed by atoms with E-state index in [0.717, 1.165) is 9.13 Å². The van der Waals surface area contributed by atoms with E-state index in [2.05, 4.69) is 32.7 Å². The van der Waals surface area contributed by atoms with E-state index in [-0.39, 0.29) is 0 Å². The lowest BCUT2D eigenvalue weighted by Crippen LogP contribution is -2.21. The number of hydrogen-bond donors (Lipinski definition) is 1. The lowest BCUT2D eigenvalue weighted by atomic mass is 10.1. The van der Waals surface area contributed by atoms with Gasteiger partial charge in [-0.05, 0) is 54.6 Å². The number of halogens is 1. The highest BCUT2D eigenvalue weighted by Crippen LogP contribution is 2.26. The van der Waals surface area contributed by atoms with Crippen LogP contribution in [0.15, 0.2) is 22.7 Å². The zero-order chi connectivity index (χ0) is 13.3. The summed E-state index contributed by atoms with van der Waals surface area (Å²) in [5.74, 6) is 0.956. The maximum atomic E-state index is 5.80. The molecule has 0 unspecified atom stereocenters. The molecule has 0 saturated heterocycles. The molecule has 18 heavy (non-hydrogen) atoms. The number of nitrogens with two attached hydrogens (primary N) is 1. The first-order valence-corrected chi connectivity index (χ1v) is 6.46. The first kappa shape index (κ1) is 13.3. The standard InChI is InChI=1S/C12H14IN3O2/c1-12(2,17-3)11-15-10(18-16-11)7-4-8(13)6-9(14)5-7/h4-6H,14H2,1-3H3. The minimum atomic E-state index is -0.574. The van der Waals surface area contributed by atoms with Gasteiger partial charge in [0.05, 0.1) is 0 Å². The van der Waals surface area contributed by atoms with Gasteiger partial charge in [-0.15, -0.1) is 0 Å². The molecule has 0 bridgehead atoms. The van der Waals surface area contributed by atoms with Crippen LogP contribution in [0.4, 0.5) is 5.69 Å². The molecular formula is C12H14IN3O2. The highest BCUT2D eigenvalue weighted by Gasteiger charge is 2.26. The Morgan fingerprint density at radius 2 is 2.06 bits per heavy atom. The van der Waals surface area contributed by atoms with E-state index >= 15 is 0 Å². The quantitative estimate of drug-likeness (QED) is 0.674. The summed E-state index contributed by atoms with van der Waals surface area (Å²) >= 11 is 2.19. The molecule has 6 heteroatoms. The molecule has 1 aromatic heterocycles. The van der Waals surface area contributed by atoms with Crippen molar-refractivity contribution in [1.82, 2.24) is 10.1 Å². The van der Waals surface area contributed by atoms with Gasteiger partial charge in [0.1, 0.15) is 5.60 Å². The Hall–Kier alpha value is -1.15. The largest absolute Gasteiger partial charge is 0.399 e. The van der Waals surface area contributed by atoms with Gasteiger partial charge in [-0.2, -0.15) is 4.98 Å². The summed E-state index contributed by atoms with van der Waals surface area (Å²) in [4.78, 5) is 4.34. The molecule has 0 aliphatic heterocycles. The van der Waals surface area contributed by atoms with Crippen molar-refractivity contribution in [2.45, 2.75) is 19.4 Å². The van der Waals surface area contributed by atoms with Gasteiger partial charge in [-0.25, -0.2) is 0 Å². The third-order valence-corrected chi connectivity index (χ3v) is 3.26. The fourth-order valence-electron chi connectivity index (χ4n) is 1.41. The number of aromatic nitrogens is 2. The number of anilines is 1. The Labute approximate surface area is 119 Å². The summed E-state index contributed by atoms with van der Waals surface area (Å²) in [5, 5.41) is 3.94. The fraction of sp³-hybridized carbons (Fsp3) is 0.333. The normalized spacial score (nSPS) is 11.8. The maximum absolute atomic E-state index is 5.80. The van der Waals surface area contributed by atoms with E-state index in [0.29, 0.717) is 17.4 Å². The number of ether oxygens (including phenoxy) is 1. The van der Waals surface area contributed by atoms with E-state index in [1.807, 2.05) is 26.0 Å². The molecule has 5 nitrogen and oxygen atoms in total. The Morgan fingerprint density at radius 1 is 1.33 bits per heavy atom.